The van der Waals surface area contributed by atoms with E-state index >= 15 is 0 Å². The van der Waals surface area contributed by atoms with Crippen LogP contribution in [0.2, 0.25) is 0 Å². The molecule has 2 aromatic rings. The Balaban J connectivity index is 1.76. The molecule has 1 saturated heterocycles. The molecule has 0 saturated carbocycles. The maximum absolute atomic E-state index is 11.7. The predicted octanol–water partition coefficient (Wildman–Crippen LogP) is 0.391. The Morgan fingerprint density at radius 3 is 2.95 bits per heavy atom. The second kappa shape index (κ2) is 6.19. The Labute approximate surface area is 122 Å². The molecule has 21 heavy (non-hydrogen) atoms. The van der Waals surface area contributed by atoms with Crippen molar-refractivity contribution in [2.24, 2.45) is 0 Å². The molecule has 0 amide bonds. The highest BCUT2D eigenvalue weighted by Gasteiger charge is 2.15. The molecule has 0 spiro atoms. The van der Waals surface area contributed by atoms with E-state index in [1.165, 1.54) is 7.11 Å². The van der Waals surface area contributed by atoms with Crippen molar-refractivity contribution in [1.29, 1.82) is 0 Å². The first-order valence-electron chi connectivity index (χ1n) is 7.01. The molecular weight excluding hydrogens is 272 g/mol. The quantitative estimate of drug-likeness (QED) is 0.759. The van der Waals surface area contributed by atoms with Gasteiger partial charge in [0.05, 0.1) is 20.3 Å². The van der Waals surface area contributed by atoms with Gasteiger partial charge in [-0.3, -0.25) is 4.90 Å². The number of carbonyl (C=O) groups is 1. The molecule has 2 aromatic heterocycles. The van der Waals surface area contributed by atoms with E-state index in [1.807, 2.05) is 6.07 Å². The average Bonchev–Trinajstić information content (AvgIpc) is 2.96. The zero-order chi connectivity index (χ0) is 14.7. The average molecular weight is 290 g/mol. The van der Waals surface area contributed by atoms with Gasteiger partial charge in [0.1, 0.15) is 0 Å². The molecule has 7 heteroatoms. The lowest BCUT2D eigenvalue weighted by Gasteiger charge is -2.25. The molecule has 112 valence electrons. The van der Waals surface area contributed by atoms with Crippen LogP contribution < -0.4 is 0 Å². The van der Waals surface area contributed by atoms with Crippen LogP contribution in [0, 0.1) is 0 Å². The van der Waals surface area contributed by atoms with Gasteiger partial charge < -0.3 is 9.47 Å². The number of hydrogen-bond donors (Lipinski definition) is 0. The summed E-state index contributed by atoms with van der Waals surface area (Å²) >= 11 is 0. The van der Waals surface area contributed by atoms with Crippen LogP contribution in [0.5, 0.6) is 0 Å². The molecule has 0 radical (unpaired) electrons. The van der Waals surface area contributed by atoms with E-state index < -0.39 is 5.97 Å². The van der Waals surface area contributed by atoms with Crippen LogP contribution in [-0.2, 0) is 15.9 Å². The van der Waals surface area contributed by atoms with Crippen molar-refractivity contribution < 1.29 is 14.3 Å². The summed E-state index contributed by atoms with van der Waals surface area (Å²) in [5.41, 5.74) is 1.05. The number of methoxy groups -OCH3 is 1. The number of nitrogens with zero attached hydrogens (tertiary/aromatic N) is 4. The Morgan fingerprint density at radius 1 is 1.38 bits per heavy atom. The highest BCUT2D eigenvalue weighted by atomic mass is 16.5. The first-order chi connectivity index (χ1) is 10.3. The summed E-state index contributed by atoms with van der Waals surface area (Å²) in [7, 11) is 1.36. The van der Waals surface area contributed by atoms with E-state index in [9.17, 15) is 4.79 Å². The predicted molar refractivity (Wildman–Crippen MR) is 75.3 cm³/mol. The number of aromatic nitrogens is 3. The molecule has 0 aliphatic carbocycles. The molecule has 0 atom stereocenters. The summed E-state index contributed by atoms with van der Waals surface area (Å²) in [6.07, 6.45) is 0.752. The summed E-state index contributed by atoms with van der Waals surface area (Å²) in [5.74, 6) is 0.322. The molecule has 7 nitrogen and oxygen atoms in total. The number of esters is 1. The number of hydrogen-bond acceptors (Lipinski definition) is 6. The number of carbonyl (C=O) groups excluding carboxylic acids is 1. The van der Waals surface area contributed by atoms with Crippen molar-refractivity contribution in [2.75, 3.05) is 40.0 Å². The zero-order valence-corrected chi connectivity index (χ0v) is 12.0. The molecule has 1 aliphatic heterocycles. The Bertz CT molecular complexity index is 634. The topological polar surface area (TPSA) is 69.0 Å². The molecule has 1 aliphatic rings. The van der Waals surface area contributed by atoms with Gasteiger partial charge in [-0.2, -0.15) is 5.10 Å². The van der Waals surface area contributed by atoms with E-state index in [4.69, 9.17) is 9.47 Å². The van der Waals surface area contributed by atoms with Crippen LogP contribution in [0.15, 0.2) is 18.2 Å². The van der Waals surface area contributed by atoms with Gasteiger partial charge in [-0.05, 0) is 12.1 Å². The van der Waals surface area contributed by atoms with Crippen molar-refractivity contribution in [3.05, 3.63) is 29.7 Å². The van der Waals surface area contributed by atoms with Crippen molar-refractivity contribution in [3.63, 3.8) is 0 Å². The van der Waals surface area contributed by atoms with E-state index in [-0.39, 0.29) is 0 Å². The minimum atomic E-state index is -0.412. The lowest BCUT2D eigenvalue weighted by molar-refractivity contribution is 0.0382. The second-order valence-electron chi connectivity index (χ2n) is 4.90. The van der Waals surface area contributed by atoms with Crippen LogP contribution >= 0.6 is 0 Å². The minimum Gasteiger partial charge on any atom is -0.464 e. The standard InChI is InChI=1S/C14H18N4O3/c1-20-14(19)11-3-2-4-13-15-12(16-18(11)13)5-6-17-7-9-21-10-8-17/h2-4H,5-10H2,1H3. The van der Waals surface area contributed by atoms with Gasteiger partial charge in [0.2, 0.25) is 0 Å². The summed E-state index contributed by atoms with van der Waals surface area (Å²) in [6.45, 7) is 4.35. The molecule has 1 fully saturated rings. The molecule has 0 bridgehead atoms. The molecule has 0 aromatic carbocycles. The normalized spacial score (nSPS) is 16.2. The SMILES string of the molecule is COC(=O)c1cccc2nc(CCN3CCOCC3)nn12. The van der Waals surface area contributed by atoms with Crippen molar-refractivity contribution in [2.45, 2.75) is 6.42 Å². The molecule has 3 heterocycles. The Hall–Kier alpha value is -1.99. The van der Waals surface area contributed by atoms with Gasteiger partial charge in [0, 0.05) is 26.1 Å². The first-order valence-corrected chi connectivity index (χ1v) is 7.01. The van der Waals surface area contributed by atoms with Crippen LogP contribution in [-0.4, -0.2) is 65.4 Å². The highest BCUT2D eigenvalue weighted by Crippen LogP contribution is 2.08. The fraction of sp³-hybridized carbons (Fsp3) is 0.500. The van der Waals surface area contributed by atoms with Crippen molar-refractivity contribution in [1.82, 2.24) is 19.5 Å². The minimum absolute atomic E-state index is 0.389. The molecule has 0 unspecified atom stereocenters. The number of morpholine rings is 1. The Morgan fingerprint density at radius 2 is 2.19 bits per heavy atom. The summed E-state index contributed by atoms with van der Waals surface area (Å²) in [6, 6.07) is 5.29. The number of pyridine rings is 1. The van der Waals surface area contributed by atoms with Gasteiger partial charge in [-0.15, -0.1) is 0 Å². The largest absolute Gasteiger partial charge is 0.464 e. The van der Waals surface area contributed by atoms with E-state index in [2.05, 4.69) is 15.0 Å². The van der Waals surface area contributed by atoms with Crippen molar-refractivity contribution >= 4 is 11.6 Å². The fourth-order valence-corrected chi connectivity index (χ4v) is 2.40. The summed E-state index contributed by atoms with van der Waals surface area (Å²) in [4.78, 5) is 18.5. The van der Waals surface area contributed by atoms with Crippen LogP contribution in [0.25, 0.3) is 5.65 Å². The lowest BCUT2D eigenvalue weighted by atomic mass is 10.3. The summed E-state index contributed by atoms with van der Waals surface area (Å²) in [5, 5.41) is 4.41. The fourth-order valence-electron chi connectivity index (χ4n) is 2.40. The van der Waals surface area contributed by atoms with Gasteiger partial charge in [0.25, 0.3) is 0 Å². The summed E-state index contributed by atoms with van der Waals surface area (Å²) < 4.78 is 11.6. The Kier molecular flexibility index (Phi) is 4.12. The molecule has 0 N–H and O–H groups in total. The molecule has 3 rings (SSSR count). The first kappa shape index (κ1) is 14.0. The highest BCUT2D eigenvalue weighted by molar-refractivity contribution is 5.88. The van der Waals surface area contributed by atoms with E-state index in [0.29, 0.717) is 11.3 Å². The smallest absolute Gasteiger partial charge is 0.356 e. The van der Waals surface area contributed by atoms with E-state index in [1.54, 1.807) is 16.6 Å². The number of ether oxygens (including phenoxy) is 2. The number of rotatable bonds is 4. The maximum atomic E-state index is 11.7. The van der Waals surface area contributed by atoms with Gasteiger partial charge >= 0.3 is 5.97 Å². The third-order valence-corrected chi connectivity index (χ3v) is 3.55. The van der Waals surface area contributed by atoms with Gasteiger partial charge in [0.15, 0.2) is 17.2 Å². The third kappa shape index (κ3) is 3.03. The molecular formula is C14H18N4O3. The van der Waals surface area contributed by atoms with Crippen LogP contribution in [0.4, 0.5) is 0 Å². The number of fused-ring (bicyclic) bond motifs is 1. The third-order valence-electron chi connectivity index (χ3n) is 3.55. The van der Waals surface area contributed by atoms with Crippen LogP contribution in [0.3, 0.4) is 0 Å². The van der Waals surface area contributed by atoms with Crippen LogP contribution in [0.1, 0.15) is 16.3 Å². The lowest BCUT2D eigenvalue weighted by Crippen LogP contribution is -2.37. The van der Waals surface area contributed by atoms with E-state index in [0.717, 1.165) is 45.1 Å². The zero-order valence-electron chi connectivity index (χ0n) is 12.0. The maximum Gasteiger partial charge on any atom is 0.356 e. The van der Waals surface area contributed by atoms with Gasteiger partial charge in [-0.1, -0.05) is 6.07 Å². The second-order valence-corrected chi connectivity index (χ2v) is 4.90. The monoisotopic (exact) mass is 290 g/mol. The van der Waals surface area contributed by atoms with Gasteiger partial charge in [-0.25, -0.2) is 14.3 Å². The van der Waals surface area contributed by atoms with Crippen molar-refractivity contribution in [3.8, 4) is 0 Å².